The molecule has 18 heavy (non-hydrogen) atoms. The largest absolute Gasteiger partial charge is 0.383 e. The molecule has 1 aliphatic rings. The van der Waals surface area contributed by atoms with Gasteiger partial charge in [-0.25, -0.2) is 0 Å². The fraction of sp³-hybridized carbons (Fsp3) is 1.00. The number of methoxy groups -OCH3 is 1. The molecular formula is C14H30N2O2. The van der Waals surface area contributed by atoms with Crippen molar-refractivity contribution < 1.29 is 9.47 Å². The monoisotopic (exact) mass is 258 g/mol. The molecule has 0 spiro atoms. The van der Waals surface area contributed by atoms with Gasteiger partial charge in [-0.1, -0.05) is 0 Å². The van der Waals surface area contributed by atoms with Gasteiger partial charge in [0, 0.05) is 32.8 Å². The summed E-state index contributed by atoms with van der Waals surface area (Å²) in [4.78, 5) is 2.55. The third-order valence-corrected chi connectivity index (χ3v) is 3.28. The Morgan fingerprint density at radius 1 is 1.28 bits per heavy atom. The third kappa shape index (κ3) is 6.69. The lowest BCUT2D eigenvalue weighted by Crippen LogP contribution is -2.41. The minimum absolute atomic E-state index is 0.0219. The number of nitrogens with one attached hydrogen (secondary N) is 1. The molecule has 0 aromatic carbocycles. The van der Waals surface area contributed by atoms with Gasteiger partial charge in [0.05, 0.1) is 18.8 Å². The van der Waals surface area contributed by atoms with Crippen molar-refractivity contribution >= 4 is 0 Å². The normalized spacial score (nSPS) is 21.7. The van der Waals surface area contributed by atoms with Crippen molar-refractivity contribution in [2.75, 3.05) is 46.5 Å². The number of likely N-dealkylation sites (tertiary alicyclic amines) is 1. The fourth-order valence-electron chi connectivity index (χ4n) is 2.33. The van der Waals surface area contributed by atoms with E-state index in [4.69, 9.17) is 9.47 Å². The maximum absolute atomic E-state index is 5.80. The topological polar surface area (TPSA) is 33.7 Å². The zero-order valence-corrected chi connectivity index (χ0v) is 12.5. The summed E-state index contributed by atoms with van der Waals surface area (Å²) in [6.07, 6.45) is 2.61. The summed E-state index contributed by atoms with van der Waals surface area (Å²) in [5, 5.41) is 3.46. The van der Waals surface area contributed by atoms with Crippen LogP contribution in [0.5, 0.6) is 0 Å². The molecule has 1 N–H and O–H groups in total. The molecule has 0 aromatic heterocycles. The molecule has 0 radical (unpaired) electrons. The quantitative estimate of drug-likeness (QED) is 0.669. The summed E-state index contributed by atoms with van der Waals surface area (Å²) in [5.74, 6) is 0. The highest BCUT2D eigenvalue weighted by Crippen LogP contribution is 2.16. The predicted octanol–water partition coefficient (Wildman–Crippen LogP) is 1.50. The Morgan fingerprint density at radius 3 is 2.72 bits per heavy atom. The van der Waals surface area contributed by atoms with E-state index in [1.54, 1.807) is 7.11 Å². The van der Waals surface area contributed by atoms with Crippen molar-refractivity contribution in [2.45, 2.75) is 45.3 Å². The zero-order valence-electron chi connectivity index (χ0n) is 12.5. The van der Waals surface area contributed by atoms with E-state index in [9.17, 15) is 0 Å². The van der Waals surface area contributed by atoms with Crippen LogP contribution in [0.1, 0.15) is 33.6 Å². The van der Waals surface area contributed by atoms with E-state index in [2.05, 4.69) is 31.0 Å². The molecule has 1 fully saturated rings. The van der Waals surface area contributed by atoms with Gasteiger partial charge in [-0.15, -0.1) is 0 Å². The molecule has 1 unspecified atom stereocenters. The van der Waals surface area contributed by atoms with Crippen LogP contribution < -0.4 is 5.32 Å². The number of hydrogen-bond donors (Lipinski definition) is 1. The fourth-order valence-corrected chi connectivity index (χ4v) is 2.33. The highest BCUT2D eigenvalue weighted by atomic mass is 16.5. The number of hydrogen-bond acceptors (Lipinski definition) is 4. The summed E-state index contributed by atoms with van der Waals surface area (Å²) in [5.41, 5.74) is -0.0219. The number of rotatable bonds is 8. The number of nitrogens with zero attached hydrogens (tertiary/aromatic N) is 1. The first kappa shape index (κ1) is 15.9. The molecule has 1 aliphatic heterocycles. The smallest absolute Gasteiger partial charge is 0.0600 e. The average molecular weight is 258 g/mol. The van der Waals surface area contributed by atoms with E-state index in [0.717, 1.165) is 32.8 Å². The van der Waals surface area contributed by atoms with Crippen LogP contribution in [0.2, 0.25) is 0 Å². The standard InChI is InChI=1S/C14H30N2O2/c1-14(2,3)18-11-9-16-8-5-6-13(16)12-15-7-10-17-4/h13,15H,5-12H2,1-4H3. The Kier molecular flexibility index (Phi) is 7.15. The van der Waals surface area contributed by atoms with Crippen molar-refractivity contribution in [1.82, 2.24) is 10.2 Å². The van der Waals surface area contributed by atoms with Crippen LogP contribution in [0.25, 0.3) is 0 Å². The van der Waals surface area contributed by atoms with Crippen molar-refractivity contribution in [3.8, 4) is 0 Å². The van der Waals surface area contributed by atoms with Crippen LogP contribution in [0.3, 0.4) is 0 Å². The van der Waals surface area contributed by atoms with Gasteiger partial charge < -0.3 is 14.8 Å². The maximum atomic E-state index is 5.80. The van der Waals surface area contributed by atoms with Gasteiger partial charge in [0.1, 0.15) is 0 Å². The van der Waals surface area contributed by atoms with Crippen molar-refractivity contribution in [3.05, 3.63) is 0 Å². The second-order valence-corrected chi connectivity index (χ2v) is 5.99. The van der Waals surface area contributed by atoms with Gasteiger partial charge in [-0.2, -0.15) is 0 Å². The Balaban J connectivity index is 2.15. The van der Waals surface area contributed by atoms with Gasteiger partial charge in [-0.05, 0) is 40.2 Å². The van der Waals surface area contributed by atoms with E-state index in [1.807, 2.05) is 0 Å². The minimum Gasteiger partial charge on any atom is -0.383 e. The molecule has 108 valence electrons. The molecule has 0 aromatic rings. The molecule has 1 atom stereocenters. The van der Waals surface area contributed by atoms with Crippen LogP contribution in [-0.4, -0.2) is 63.0 Å². The summed E-state index contributed by atoms with van der Waals surface area (Å²) < 4.78 is 10.8. The first-order valence-electron chi connectivity index (χ1n) is 7.10. The van der Waals surface area contributed by atoms with E-state index < -0.39 is 0 Å². The Bertz CT molecular complexity index is 216. The van der Waals surface area contributed by atoms with Gasteiger partial charge in [0.2, 0.25) is 0 Å². The molecule has 4 heteroatoms. The van der Waals surface area contributed by atoms with Crippen LogP contribution in [0.15, 0.2) is 0 Å². The maximum Gasteiger partial charge on any atom is 0.0600 e. The second-order valence-electron chi connectivity index (χ2n) is 5.99. The van der Waals surface area contributed by atoms with Gasteiger partial charge >= 0.3 is 0 Å². The Morgan fingerprint density at radius 2 is 2.06 bits per heavy atom. The molecule has 0 saturated carbocycles. The molecule has 0 amide bonds. The lowest BCUT2D eigenvalue weighted by atomic mass is 10.2. The second kappa shape index (κ2) is 8.10. The number of ether oxygens (including phenoxy) is 2. The van der Waals surface area contributed by atoms with Gasteiger partial charge in [0.15, 0.2) is 0 Å². The third-order valence-electron chi connectivity index (χ3n) is 3.28. The van der Waals surface area contributed by atoms with E-state index in [0.29, 0.717) is 6.04 Å². The predicted molar refractivity (Wildman–Crippen MR) is 75.0 cm³/mol. The summed E-state index contributed by atoms with van der Waals surface area (Å²) in [6.45, 7) is 12.2. The summed E-state index contributed by atoms with van der Waals surface area (Å²) >= 11 is 0. The molecule has 1 heterocycles. The Labute approximate surface area is 112 Å². The lowest BCUT2D eigenvalue weighted by Gasteiger charge is -2.27. The van der Waals surface area contributed by atoms with Crippen molar-refractivity contribution in [1.29, 1.82) is 0 Å². The van der Waals surface area contributed by atoms with E-state index in [-0.39, 0.29) is 5.60 Å². The van der Waals surface area contributed by atoms with Crippen LogP contribution in [0, 0.1) is 0 Å². The SMILES string of the molecule is COCCNCC1CCCN1CCOC(C)(C)C. The Hall–Kier alpha value is -0.160. The molecule has 1 saturated heterocycles. The first-order valence-corrected chi connectivity index (χ1v) is 7.10. The van der Waals surface area contributed by atoms with Crippen molar-refractivity contribution in [3.63, 3.8) is 0 Å². The van der Waals surface area contributed by atoms with E-state index in [1.165, 1.54) is 19.4 Å². The zero-order chi connectivity index (χ0) is 13.4. The highest BCUT2D eigenvalue weighted by molar-refractivity contribution is 4.80. The first-order chi connectivity index (χ1) is 8.53. The lowest BCUT2D eigenvalue weighted by molar-refractivity contribution is -0.0143. The van der Waals surface area contributed by atoms with Crippen molar-refractivity contribution in [2.24, 2.45) is 0 Å². The summed E-state index contributed by atoms with van der Waals surface area (Å²) in [7, 11) is 1.74. The van der Waals surface area contributed by atoms with Gasteiger partial charge in [-0.3, -0.25) is 4.90 Å². The highest BCUT2D eigenvalue weighted by Gasteiger charge is 2.24. The van der Waals surface area contributed by atoms with E-state index >= 15 is 0 Å². The van der Waals surface area contributed by atoms with Crippen LogP contribution in [-0.2, 0) is 9.47 Å². The molecule has 4 nitrogen and oxygen atoms in total. The molecule has 1 rings (SSSR count). The van der Waals surface area contributed by atoms with Crippen LogP contribution >= 0.6 is 0 Å². The van der Waals surface area contributed by atoms with Gasteiger partial charge in [0.25, 0.3) is 0 Å². The minimum atomic E-state index is -0.0219. The molecule has 0 bridgehead atoms. The van der Waals surface area contributed by atoms with Crippen LogP contribution in [0.4, 0.5) is 0 Å². The molecular weight excluding hydrogens is 228 g/mol. The molecule has 0 aliphatic carbocycles. The summed E-state index contributed by atoms with van der Waals surface area (Å²) in [6, 6.07) is 0.672. The average Bonchev–Trinajstić information content (AvgIpc) is 2.71.